The molecule has 1 amide bonds. The largest absolute Gasteiger partial charge is 0.497 e. The Bertz CT molecular complexity index is 944. The molecule has 0 atom stereocenters. The number of sulfonamides is 1. The number of aromatic nitrogens is 1. The SMILES string of the molecule is COc1cccc(CCNC(=O)c2cncc3c2CCN(S(C)(=O)=O)C3)c1. The Labute approximate surface area is 159 Å². The average Bonchev–Trinajstić information content (AvgIpc) is 2.66. The van der Waals surface area contributed by atoms with Gasteiger partial charge in [-0.05, 0) is 41.7 Å². The Balaban J connectivity index is 1.66. The molecule has 1 aliphatic rings. The van der Waals surface area contributed by atoms with Crippen molar-refractivity contribution in [2.75, 3.05) is 26.5 Å². The Morgan fingerprint density at radius 1 is 1.33 bits per heavy atom. The number of methoxy groups -OCH3 is 1. The first-order chi connectivity index (χ1) is 12.9. The molecule has 27 heavy (non-hydrogen) atoms. The molecule has 0 saturated heterocycles. The molecule has 1 aromatic carbocycles. The van der Waals surface area contributed by atoms with E-state index >= 15 is 0 Å². The van der Waals surface area contributed by atoms with Crippen LogP contribution in [0.3, 0.4) is 0 Å². The minimum atomic E-state index is -3.26. The van der Waals surface area contributed by atoms with Crippen molar-refractivity contribution in [2.45, 2.75) is 19.4 Å². The first kappa shape index (κ1) is 19.3. The van der Waals surface area contributed by atoms with Crippen molar-refractivity contribution in [1.82, 2.24) is 14.6 Å². The molecule has 0 fully saturated rings. The van der Waals surface area contributed by atoms with Gasteiger partial charge in [0, 0.05) is 32.0 Å². The molecule has 0 radical (unpaired) electrons. The number of amides is 1. The van der Waals surface area contributed by atoms with Gasteiger partial charge in [-0.25, -0.2) is 8.42 Å². The zero-order valence-electron chi connectivity index (χ0n) is 15.4. The lowest BCUT2D eigenvalue weighted by molar-refractivity contribution is 0.0952. The molecule has 1 aromatic heterocycles. The first-order valence-corrected chi connectivity index (χ1v) is 10.6. The normalized spacial score (nSPS) is 14.4. The fraction of sp³-hybridized carbons (Fsp3) is 0.368. The molecule has 2 aromatic rings. The van der Waals surface area contributed by atoms with Gasteiger partial charge in [-0.3, -0.25) is 9.78 Å². The van der Waals surface area contributed by atoms with Gasteiger partial charge in [-0.2, -0.15) is 4.31 Å². The highest BCUT2D eigenvalue weighted by Gasteiger charge is 2.26. The van der Waals surface area contributed by atoms with E-state index < -0.39 is 10.0 Å². The Hall–Kier alpha value is -2.45. The van der Waals surface area contributed by atoms with Crippen LogP contribution in [0.15, 0.2) is 36.7 Å². The zero-order chi connectivity index (χ0) is 19.4. The minimum absolute atomic E-state index is 0.185. The predicted molar refractivity (Wildman–Crippen MR) is 102 cm³/mol. The molecule has 1 aliphatic heterocycles. The molecule has 0 bridgehead atoms. The van der Waals surface area contributed by atoms with Crippen LogP contribution in [-0.4, -0.2) is 50.1 Å². The summed E-state index contributed by atoms with van der Waals surface area (Å²) in [5, 5.41) is 2.92. The lowest BCUT2D eigenvalue weighted by Crippen LogP contribution is -2.36. The van der Waals surface area contributed by atoms with E-state index in [0.717, 1.165) is 22.4 Å². The summed E-state index contributed by atoms with van der Waals surface area (Å²) in [6.45, 7) is 1.12. The maximum Gasteiger partial charge on any atom is 0.253 e. The van der Waals surface area contributed by atoms with Crippen molar-refractivity contribution in [1.29, 1.82) is 0 Å². The van der Waals surface area contributed by atoms with Crippen molar-refractivity contribution in [3.8, 4) is 5.75 Å². The average molecular weight is 389 g/mol. The van der Waals surface area contributed by atoms with Crippen molar-refractivity contribution >= 4 is 15.9 Å². The van der Waals surface area contributed by atoms with Crippen LogP contribution in [0.25, 0.3) is 0 Å². The minimum Gasteiger partial charge on any atom is -0.497 e. The summed E-state index contributed by atoms with van der Waals surface area (Å²) in [5.74, 6) is 0.602. The third kappa shape index (κ3) is 4.64. The second-order valence-corrected chi connectivity index (χ2v) is 8.51. The molecular weight excluding hydrogens is 366 g/mol. The van der Waals surface area contributed by atoms with Crippen LogP contribution < -0.4 is 10.1 Å². The molecule has 8 heteroatoms. The summed E-state index contributed by atoms with van der Waals surface area (Å²) >= 11 is 0. The summed E-state index contributed by atoms with van der Waals surface area (Å²) in [6.07, 6.45) is 5.58. The maximum atomic E-state index is 12.6. The number of carbonyl (C=O) groups excluding carboxylic acids is 1. The third-order valence-electron chi connectivity index (χ3n) is 4.65. The molecule has 144 valence electrons. The van der Waals surface area contributed by atoms with E-state index in [-0.39, 0.29) is 12.5 Å². The van der Waals surface area contributed by atoms with E-state index in [1.54, 1.807) is 19.5 Å². The highest BCUT2D eigenvalue weighted by molar-refractivity contribution is 7.88. The highest BCUT2D eigenvalue weighted by atomic mass is 32.2. The van der Waals surface area contributed by atoms with E-state index in [9.17, 15) is 13.2 Å². The quantitative estimate of drug-likeness (QED) is 0.806. The summed E-state index contributed by atoms with van der Waals surface area (Å²) in [4.78, 5) is 16.7. The van der Waals surface area contributed by atoms with E-state index in [0.29, 0.717) is 31.5 Å². The number of rotatable bonds is 6. The number of ether oxygens (including phenoxy) is 1. The molecule has 3 rings (SSSR count). The van der Waals surface area contributed by atoms with Crippen LogP contribution in [0.1, 0.15) is 27.0 Å². The van der Waals surface area contributed by atoms with Crippen molar-refractivity contribution in [2.24, 2.45) is 0 Å². The molecule has 1 N–H and O–H groups in total. The van der Waals surface area contributed by atoms with E-state index in [4.69, 9.17) is 4.74 Å². The molecule has 0 saturated carbocycles. The van der Waals surface area contributed by atoms with Crippen molar-refractivity contribution < 1.29 is 17.9 Å². The molecule has 0 unspecified atom stereocenters. The van der Waals surface area contributed by atoms with Crippen LogP contribution in [-0.2, 0) is 29.4 Å². The van der Waals surface area contributed by atoms with Crippen LogP contribution in [0.2, 0.25) is 0 Å². The van der Waals surface area contributed by atoms with Crippen LogP contribution in [0.4, 0.5) is 0 Å². The number of benzene rings is 1. The molecular formula is C19H23N3O4S. The number of hydrogen-bond donors (Lipinski definition) is 1. The second kappa shape index (κ2) is 8.06. The van der Waals surface area contributed by atoms with E-state index in [2.05, 4.69) is 10.3 Å². The fourth-order valence-corrected chi connectivity index (χ4v) is 3.99. The van der Waals surface area contributed by atoms with Gasteiger partial charge in [0.05, 0.1) is 18.9 Å². The van der Waals surface area contributed by atoms with Gasteiger partial charge in [-0.15, -0.1) is 0 Å². The standard InChI is InChI=1S/C19H23N3O4S/c1-26-16-5-3-4-14(10-16)6-8-21-19(23)18-12-20-11-15-13-22(27(2,24)25)9-7-17(15)18/h3-5,10-12H,6-9,13H2,1-2H3,(H,21,23). The van der Waals surface area contributed by atoms with Crippen LogP contribution >= 0.6 is 0 Å². The van der Waals surface area contributed by atoms with E-state index in [1.165, 1.54) is 10.6 Å². The van der Waals surface area contributed by atoms with Gasteiger partial charge in [0.25, 0.3) is 5.91 Å². The molecule has 0 spiro atoms. The van der Waals surface area contributed by atoms with Crippen molar-refractivity contribution in [3.63, 3.8) is 0 Å². The molecule has 0 aliphatic carbocycles. The third-order valence-corrected chi connectivity index (χ3v) is 5.90. The second-order valence-electron chi connectivity index (χ2n) is 6.53. The van der Waals surface area contributed by atoms with Gasteiger partial charge < -0.3 is 10.1 Å². The van der Waals surface area contributed by atoms with Crippen molar-refractivity contribution in [3.05, 3.63) is 58.9 Å². The molecule has 7 nitrogen and oxygen atoms in total. The lowest BCUT2D eigenvalue weighted by Gasteiger charge is -2.27. The number of hydrogen-bond acceptors (Lipinski definition) is 5. The lowest BCUT2D eigenvalue weighted by atomic mass is 9.98. The topological polar surface area (TPSA) is 88.6 Å². The summed E-state index contributed by atoms with van der Waals surface area (Å²) in [6, 6.07) is 7.73. The first-order valence-electron chi connectivity index (χ1n) is 8.70. The van der Waals surface area contributed by atoms with Gasteiger partial charge in [0.15, 0.2) is 0 Å². The summed E-state index contributed by atoms with van der Waals surface area (Å²) in [7, 11) is -1.64. The fourth-order valence-electron chi connectivity index (χ4n) is 3.19. The molecule has 2 heterocycles. The van der Waals surface area contributed by atoms with Gasteiger partial charge >= 0.3 is 0 Å². The Kier molecular flexibility index (Phi) is 5.76. The van der Waals surface area contributed by atoms with Gasteiger partial charge in [-0.1, -0.05) is 12.1 Å². The number of fused-ring (bicyclic) bond motifs is 1. The number of carbonyl (C=O) groups is 1. The van der Waals surface area contributed by atoms with Gasteiger partial charge in [0.2, 0.25) is 10.0 Å². The number of pyridine rings is 1. The Morgan fingerprint density at radius 2 is 2.15 bits per heavy atom. The van der Waals surface area contributed by atoms with Gasteiger partial charge in [0.1, 0.15) is 5.75 Å². The monoisotopic (exact) mass is 389 g/mol. The summed E-state index contributed by atoms with van der Waals surface area (Å²) in [5.41, 5.74) is 3.26. The Morgan fingerprint density at radius 3 is 2.89 bits per heavy atom. The smallest absolute Gasteiger partial charge is 0.253 e. The predicted octanol–water partition coefficient (Wildman–Crippen LogP) is 1.38. The van der Waals surface area contributed by atoms with E-state index in [1.807, 2.05) is 24.3 Å². The number of nitrogens with one attached hydrogen (secondary N) is 1. The highest BCUT2D eigenvalue weighted by Crippen LogP contribution is 2.23. The van der Waals surface area contributed by atoms with Crippen LogP contribution in [0.5, 0.6) is 5.75 Å². The number of nitrogens with zero attached hydrogens (tertiary/aromatic N) is 2. The zero-order valence-corrected chi connectivity index (χ0v) is 16.3. The maximum absolute atomic E-state index is 12.6. The summed E-state index contributed by atoms with van der Waals surface area (Å²) < 4.78 is 30.1. The van der Waals surface area contributed by atoms with Crippen LogP contribution in [0, 0.1) is 0 Å².